The van der Waals surface area contributed by atoms with Gasteiger partial charge in [-0.25, -0.2) is 0 Å². The smallest absolute Gasteiger partial charge is 0.123 e. The van der Waals surface area contributed by atoms with Crippen molar-refractivity contribution in [2.45, 2.75) is 6.04 Å². The molecule has 0 bridgehead atoms. The van der Waals surface area contributed by atoms with Crippen LogP contribution in [0.5, 0.6) is 5.75 Å². The van der Waals surface area contributed by atoms with Crippen LogP contribution in [0.4, 0.5) is 0 Å². The van der Waals surface area contributed by atoms with Crippen LogP contribution in [-0.2, 0) is 0 Å². The van der Waals surface area contributed by atoms with Crippen molar-refractivity contribution < 1.29 is 4.74 Å². The van der Waals surface area contributed by atoms with Gasteiger partial charge in [0.25, 0.3) is 0 Å². The molecule has 0 aliphatic heterocycles. The summed E-state index contributed by atoms with van der Waals surface area (Å²) < 4.78 is 7.54. The highest BCUT2D eigenvalue weighted by Crippen LogP contribution is 2.32. The Hall–Kier alpha value is -0.840. The van der Waals surface area contributed by atoms with Crippen molar-refractivity contribution in [2.75, 3.05) is 14.2 Å². The normalized spacial score (nSPS) is 12.2. The van der Waals surface area contributed by atoms with E-state index in [1.54, 1.807) is 7.11 Å². The van der Waals surface area contributed by atoms with E-state index in [-0.39, 0.29) is 6.04 Å². The molecule has 0 heterocycles. The lowest BCUT2D eigenvalue weighted by Crippen LogP contribution is -2.18. The van der Waals surface area contributed by atoms with E-state index in [0.29, 0.717) is 0 Å². The van der Waals surface area contributed by atoms with Gasteiger partial charge in [-0.1, -0.05) is 50.1 Å². The molecule has 0 fully saturated rings. The second-order valence-electron chi connectivity index (χ2n) is 4.17. The fourth-order valence-corrected chi connectivity index (χ4v) is 3.48. The maximum Gasteiger partial charge on any atom is 0.123 e. The number of hydrogen-bond acceptors (Lipinski definition) is 2. The predicted octanol–water partition coefficient (Wildman–Crippen LogP) is 4.53. The summed E-state index contributed by atoms with van der Waals surface area (Å²) in [5.74, 6) is 0.887. The molecule has 0 spiro atoms. The highest BCUT2D eigenvalue weighted by atomic mass is 79.9. The van der Waals surface area contributed by atoms with Gasteiger partial charge in [-0.05, 0) is 36.9 Å². The maximum atomic E-state index is 5.45. The quantitative estimate of drug-likeness (QED) is 0.836. The van der Waals surface area contributed by atoms with E-state index in [9.17, 15) is 0 Å². The van der Waals surface area contributed by atoms with Crippen LogP contribution in [0.2, 0.25) is 0 Å². The third kappa shape index (κ3) is 3.38. The molecule has 0 amide bonds. The monoisotopic (exact) mass is 383 g/mol. The molecule has 0 saturated heterocycles. The van der Waals surface area contributed by atoms with Crippen LogP contribution in [0.15, 0.2) is 51.4 Å². The Morgan fingerprint density at radius 3 is 2.26 bits per heavy atom. The first-order valence-corrected chi connectivity index (χ1v) is 7.50. The molecule has 2 aromatic rings. The van der Waals surface area contributed by atoms with Crippen molar-refractivity contribution in [3.8, 4) is 5.75 Å². The Kier molecular flexibility index (Phi) is 5.02. The highest BCUT2D eigenvalue weighted by molar-refractivity contribution is 9.11. The molecule has 1 unspecified atom stereocenters. The van der Waals surface area contributed by atoms with Crippen molar-refractivity contribution >= 4 is 31.9 Å². The van der Waals surface area contributed by atoms with Gasteiger partial charge < -0.3 is 10.1 Å². The Labute approximate surface area is 130 Å². The first-order chi connectivity index (χ1) is 9.15. The van der Waals surface area contributed by atoms with Gasteiger partial charge in [0.05, 0.1) is 13.2 Å². The number of rotatable bonds is 4. The van der Waals surface area contributed by atoms with Crippen LogP contribution in [0.25, 0.3) is 0 Å². The summed E-state index contributed by atoms with van der Waals surface area (Å²) in [6.07, 6.45) is 0. The average molecular weight is 385 g/mol. The third-order valence-electron chi connectivity index (χ3n) is 2.96. The minimum atomic E-state index is 0.0879. The number of benzene rings is 2. The van der Waals surface area contributed by atoms with Gasteiger partial charge in [-0.3, -0.25) is 0 Å². The van der Waals surface area contributed by atoms with Crippen LogP contribution < -0.4 is 10.1 Å². The molecular formula is C15H15Br2NO. The largest absolute Gasteiger partial charge is 0.496 e. The fourth-order valence-electron chi connectivity index (χ4n) is 2.15. The van der Waals surface area contributed by atoms with E-state index in [1.807, 2.05) is 31.3 Å². The lowest BCUT2D eigenvalue weighted by molar-refractivity contribution is 0.405. The zero-order chi connectivity index (χ0) is 13.8. The van der Waals surface area contributed by atoms with Crippen molar-refractivity contribution in [3.05, 3.63) is 62.5 Å². The first-order valence-electron chi connectivity index (χ1n) is 5.92. The van der Waals surface area contributed by atoms with Gasteiger partial charge in [-0.2, -0.15) is 0 Å². The van der Waals surface area contributed by atoms with Crippen LogP contribution in [-0.4, -0.2) is 14.2 Å². The summed E-state index contributed by atoms with van der Waals surface area (Å²) in [6.45, 7) is 0. The van der Waals surface area contributed by atoms with E-state index in [4.69, 9.17) is 4.74 Å². The number of methoxy groups -OCH3 is 1. The molecule has 1 atom stereocenters. The molecule has 0 aromatic heterocycles. The molecule has 19 heavy (non-hydrogen) atoms. The van der Waals surface area contributed by atoms with Crippen LogP contribution in [0, 0.1) is 0 Å². The Bertz CT molecular complexity index is 552. The number of nitrogens with one attached hydrogen (secondary N) is 1. The molecule has 2 nitrogen and oxygen atoms in total. The number of halogens is 2. The zero-order valence-electron chi connectivity index (χ0n) is 10.8. The summed E-state index contributed by atoms with van der Waals surface area (Å²) in [5.41, 5.74) is 2.30. The third-order valence-corrected chi connectivity index (χ3v) is 3.87. The maximum absolute atomic E-state index is 5.45. The van der Waals surface area contributed by atoms with Gasteiger partial charge in [0, 0.05) is 14.5 Å². The molecule has 0 saturated carbocycles. The summed E-state index contributed by atoms with van der Waals surface area (Å²) in [5, 5.41) is 3.34. The molecule has 1 N–H and O–H groups in total. The van der Waals surface area contributed by atoms with Crippen molar-refractivity contribution in [2.24, 2.45) is 0 Å². The van der Waals surface area contributed by atoms with E-state index < -0.39 is 0 Å². The molecule has 4 heteroatoms. The van der Waals surface area contributed by atoms with Crippen LogP contribution in [0.3, 0.4) is 0 Å². The summed E-state index contributed by atoms with van der Waals surface area (Å²) in [6, 6.07) is 14.4. The second kappa shape index (κ2) is 6.55. The van der Waals surface area contributed by atoms with Crippen molar-refractivity contribution in [1.82, 2.24) is 5.32 Å². The lowest BCUT2D eigenvalue weighted by atomic mass is 9.98. The Morgan fingerprint density at radius 1 is 1.05 bits per heavy atom. The minimum absolute atomic E-state index is 0.0879. The molecule has 2 rings (SSSR count). The SMILES string of the molecule is CNC(c1cc(Br)cc(Br)c1)c1ccccc1OC. The van der Waals surface area contributed by atoms with Crippen molar-refractivity contribution in [1.29, 1.82) is 0 Å². The Morgan fingerprint density at radius 2 is 1.68 bits per heavy atom. The first kappa shape index (κ1) is 14.6. The number of hydrogen-bond donors (Lipinski definition) is 1. The fraction of sp³-hybridized carbons (Fsp3) is 0.200. The van der Waals surface area contributed by atoms with Gasteiger partial charge in [0.1, 0.15) is 5.75 Å². The number of para-hydroxylation sites is 1. The molecule has 100 valence electrons. The van der Waals surface area contributed by atoms with E-state index in [2.05, 4.69) is 55.4 Å². The molecular weight excluding hydrogens is 370 g/mol. The van der Waals surface area contributed by atoms with E-state index in [1.165, 1.54) is 5.56 Å². The highest BCUT2D eigenvalue weighted by Gasteiger charge is 2.16. The summed E-state index contributed by atoms with van der Waals surface area (Å²) in [7, 11) is 3.65. The lowest BCUT2D eigenvalue weighted by Gasteiger charge is -2.20. The average Bonchev–Trinajstić information content (AvgIpc) is 2.39. The van der Waals surface area contributed by atoms with Gasteiger partial charge in [-0.15, -0.1) is 0 Å². The number of ether oxygens (including phenoxy) is 1. The van der Waals surface area contributed by atoms with Crippen LogP contribution >= 0.6 is 31.9 Å². The summed E-state index contributed by atoms with van der Waals surface area (Å²) >= 11 is 7.06. The Balaban J connectivity index is 2.49. The van der Waals surface area contributed by atoms with Gasteiger partial charge >= 0.3 is 0 Å². The topological polar surface area (TPSA) is 21.3 Å². The zero-order valence-corrected chi connectivity index (χ0v) is 14.0. The minimum Gasteiger partial charge on any atom is -0.496 e. The van der Waals surface area contributed by atoms with E-state index in [0.717, 1.165) is 20.3 Å². The molecule has 0 radical (unpaired) electrons. The van der Waals surface area contributed by atoms with Gasteiger partial charge in [0.2, 0.25) is 0 Å². The standard InChI is InChI=1S/C15H15Br2NO/c1-18-15(10-7-11(16)9-12(17)8-10)13-5-3-4-6-14(13)19-2/h3-9,15,18H,1-2H3. The van der Waals surface area contributed by atoms with Crippen LogP contribution in [0.1, 0.15) is 17.2 Å². The second-order valence-corrected chi connectivity index (χ2v) is 6.00. The predicted molar refractivity (Wildman–Crippen MR) is 85.7 cm³/mol. The van der Waals surface area contributed by atoms with E-state index >= 15 is 0 Å². The molecule has 0 aliphatic carbocycles. The van der Waals surface area contributed by atoms with Gasteiger partial charge in [0.15, 0.2) is 0 Å². The summed E-state index contributed by atoms with van der Waals surface area (Å²) in [4.78, 5) is 0. The van der Waals surface area contributed by atoms with Crippen molar-refractivity contribution in [3.63, 3.8) is 0 Å². The molecule has 0 aliphatic rings. The molecule has 2 aromatic carbocycles.